The number of aliphatic hydroxyl groups is 1. The molecule has 0 saturated carbocycles. The molecule has 110 valence electrons. The molecule has 0 aliphatic heterocycles. The molecule has 4 unspecified atom stereocenters. The first kappa shape index (κ1) is 20.4. The molecule has 0 fully saturated rings. The van der Waals surface area contributed by atoms with Gasteiger partial charge in [0.1, 0.15) is 8.85 Å². The lowest BCUT2D eigenvalue weighted by molar-refractivity contribution is 0.273. The minimum absolute atomic E-state index is 0.149. The second-order valence-electron chi connectivity index (χ2n) is 3.56. The second-order valence-corrected chi connectivity index (χ2v) is 13.8. The van der Waals surface area contributed by atoms with Gasteiger partial charge in [-0.1, -0.05) is 6.92 Å². The molecule has 8 heteroatoms. The van der Waals surface area contributed by atoms with Crippen LogP contribution in [0, 0.1) is 0 Å². The first-order valence-corrected chi connectivity index (χ1v) is 10.8. The molecule has 0 aromatic carbocycles. The Labute approximate surface area is 145 Å². The average Bonchev–Trinajstić information content (AvgIpc) is 2.14. The molecule has 0 aromatic rings. The summed E-state index contributed by atoms with van der Waals surface area (Å²) in [6.45, 7) is 8.13. The van der Waals surface area contributed by atoms with E-state index in [2.05, 4.69) is 44.8 Å². The molecule has 0 spiro atoms. The predicted octanol–water partition coefficient (Wildman–Crippen LogP) is 4.74. The normalized spacial score (nSPS) is 22.0. The highest BCUT2D eigenvalue weighted by Crippen LogP contribution is 2.57. The van der Waals surface area contributed by atoms with Crippen LogP contribution in [0.5, 0.6) is 0 Å². The Hall–Kier alpha value is 2.41. The SMILES string of the molecule is CCSC(O)C(SC(C)S)(SC(C)S)SC(C)S. The summed E-state index contributed by atoms with van der Waals surface area (Å²) in [7, 11) is 0. The molecule has 1 N–H and O–H groups in total. The largest absolute Gasteiger partial charge is 0.379 e. The van der Waals surface area contributed by atoms with Gasteiger partial charge in [-0.2, -0.15) is 37.9 Å². The van der Waals surface area contributed by atoms with Crippen molar-refractivity contribution < 1.29 is 5.11 Å². The average molecular weight is 383 g/mol. The highest BCUT2D eigenvalue weighted by atomic mass is 32.3. The molecule has 18 heavy (non-hydrogen) atoms. The van der Waals surface area contributed by atoms with Crippen LogP contribution < -0.4 is 0 Å². The molecule has 0 aliphatic carbocycles. The minimum atomic E-state index is -0.471. The van der Waals surface area contributed by atoms with E-state index in [4.69, 9.17) is 0 Å². The molecule has 4 atom stereocenters. The van der Waals surface area contributed by atoms with E-state index in [0.717, 1.165) is 5.75 Å². The summed E-state index contributed by atoms with van der Waals surface area (Å²) >= 11 is 20.0. The Bertz CT molecular complexity index is 196. The van der Waals surface area contributed by atoms with Gasteiger partial charge in [-0.3, -0.25) is 0 Å². The highest BCUT2D eigenvalue weighted by Gasteiger charge is 2.43. The summed E-state index contributed by atoms with van der Waals surface area (Å²) in [5, 5.41) is 10.5. The lowest BCUT2D eigenvalue weighted by atomic mass is 10.8. The number of hydrogen-bond acceptors (Lipinski definition) is 8. The van der Waals surface area contributed by atoms with Crippen LogP contribution in [0.4, 0.5) is 0 Å². The molecule has 0 aliphatic rings. The lowest BCUT2D eigenvalue weighted by Gasteiger charge is -2.39. The number of thioether (sulfide) groups is 4. The second kappa shape index (κ2) is 10.2. The molecule has 0 aromatic heterocycles. The fourth-order valence-corrected chi connectivity index (χ4v) is 10.7. The lowest BCUT2D eigenvalue weighted by Crippen LogP contribution is -2.34. The third-order valence-corrected chi connectivity index (χ3v) is 8.44. The van der Waals surface area contributed by atoms with Gasteiger partial charge in [-0.25, -0.2) is 0 Å². The van der Waals surface area contributed by atoms with Gasteiger partial charge in [-0.15, -0.1) is 47.0 Å². The highest BCUT2D eigenvalue weighted by molar-refractivity contribution is 8.39. The summed E-state index contributed by atoms with van der Waals surface area (Å²) in [6.07, 6.45) is 0. The van der Waals surface area contributed by atoms with E-state index in [1.165, 1.54) is 0 Å². The smallest absolute Gasteiger partial charge is 0.145 e. The zero-order valence-electron chi connectivity index (χ0n) is 10.9. The van der Waals surface area contributed by atoms with E-state index < -0.39 is 5.44 Å². The van der Waals surface area contributed by atoms with Crippen LogP contribution in [-0.4, -0.2) is 33.5 Å². The molecule has 0 amide bonds. The van der Waals surface area contributed by atoms with Gasteiger partial charge < -0.3 is 5.11 Å². The molecule has 0 heterocycles. The van der Waals surface area contributed by atoms with Crippen molar-refractivity contribution >= 4 is 84.9 Å². The summed E-state index contributed by atoms with van der Waals surface area (Å²) in [4.78, 5) is 0. The van der Waals surface area contributed by atoms with Crippen LogP contribution in [0.15, 0.2) is 0 Å². The fourth-order valence-electron chi connectivity index (χ4n) is 1.23. The number of hydrogen-bond donors (Lipinski definition) is 4. The molecule has 0 rings (SSSR count). The predicted molar refractivity (Wildman–Crippen MR) is 105 cm³/mol. The summed E-state index contributed by atoms with van der Waals surface area (Å²) in [5.41, 5.74) is -0.471. The topological polar surface area (TPSA) is 20.2 Å². The van der Waals surface area contributed by atoms with Gasteiger partial charge in [-0.05, 0) is 26.5 Å². The molecule has 0 saturated heterocycles. The minimum Gasteiger partial charge on any atom is -0.379 e. The van der Waals surface area contributed by atoms with Crippen molar-refractivity contribution in [3.63, 3.8) is 0 Å². The van der Waals surface area contributed by atoms with Gasteiger partial charge in [0, 0.05) is 13.7 Å². The first-order chi connectivity index (χ1) is 8.23. The molecule has 0 bridgehead atoms. The van der Waals surface area contributed by atoms with Crippen LogP contribution >= 0.6 is 84.9 Å². The van der Waals surface area contributed by atoms with Gasteiger partial charge in [0.25, 0.3) is 0 Å². The number of aliphatic hydroxyl groups excluding tert-OH is 1. The van der Waals surface area contributed by atoms with Crippen molar-refractivity contribution in [3.05, 3.63) is 0 Å². The molecule has 1 nitrogen and oxygen atoms in total. The maximum absolute atomic E-state index is 10.5. The number of thiol groups is 3. The fraction of sp³-hybridized carbons (Fsp3) is 1.00. The van der Waals surface area contributed by atoms with Crippen LogP contribution in [-0.2, 0) is 0 Å². The van der Waals surface area contributed by atoms with Crippen molar-refractivity contribution in [2.24, 2.45) is 0 Å². The maximum atomic E-state index is 10.5. The van der Waals surface area contributed by atoms with Crippen LogP contribution in [0.1, 0.15) is 27.7 Å². The zero-order chi connectivity index (χ0) is 14.3. The first-order valence-electron chi connectivity index (χ1n) is 5.60. The monoisotopic (exact) mass is 382 g/mol. The Balaban J connectivity index is 5.09. The number of rotatable bonds is 9. The third-order valence-electron chi connectivity index (χ3n) is 1.63. The molecule has 0 radical (unpaired) electrons. The summed E-state index contributed by atoms with van der Waals surface area (Å²) in [5.74, 6) is 0.882. The maximum Gasteiger partial charge on any atom is 0.145 e. The van der Waals surface area contributed by atoms with E-state index in [1.807, 2.05) is 20.8 Å². The molecular weight excluding hydrogens is 361 g/mol. The van der Waals surface area contributed by atoms with Gasteiger partial charge in [0.05, 0.1) is 0 Å². The summed E-state index contributed by atoms with van der Waals surface area (Å²) < 4.78 is 0.0632. The van der Waals surface area contributed by atoms with Crippen molar-refractivity contribution in [1.29, 1.82) is 0 Å². The Morgan fingerprint density at radius 2 is 1.28 bits per heavy atom. The molecular formula is C10H22OS7. The van der Waals surface area contributed by atoms with E-state index >= 15 is 0 Å². The van der Waals surface area contributed by atoms with E-state index in [0.29, 0.717) is 0 Å². The van der Waals surface area contributed by atoms with Crippen molar-refractivity contribution in [3.8, 4) is 0 Å². The van der Waals surface area contributed by atoms with Gasteiger partial charge in [0.2, 0.25) is 0 Å². The third kappa shape index (κ3) is 8.00. The van der Waals surface area contributed by atoms with Crippen LogP contribution in [0.25, 0.3) is 0 Å². The summed E-state index contributed by atoms with van der Waals surface area (Å²) in [6, 6.07) is 0. The standard InChI is InChI=1S/C10H22OS7/c1-5-15-9(11)10(16-6(2)12,17-7(3)13)18-8(4)14/h6-9,11-14H,5H2,1-4H3. The Kier molecular flexibility index (Phi) is 11.6. The van der Waals surface area contributed by atoms with Crippen LogP contribution in [0.3, 0.4) is 0 Å². The van der Waals surface area contributed by atoms with E-state index in [-0.39, 0.29) is 17.2 Å². The van der Waals surface area contributed by atoms with Gasteiger partial charge in [0.15, 0.2) is 0 Å². The zero-order valence-corrected chi connectivity index (χ0v) is 16.9. The quantitative estimate of drug-likeness (QED) is 0.340. The van der Waals surface area contributed by atoms with Crippen molar-refractivity contribution in [2.45, 2.75) is 50.3 Å². The van der Waals surface area contributed by atoms with Crippen molar-refractivity contribution in [2.75, 3.05) is 5.75 Å². The van der Waals surface area contributed by atoms with Gasteiger partial charge >= 0.3 is 0 Å². The van der Waals surface area contributed by atoms with Crippen molar-refractivity contribution in [1.82, 2.24) is 0 Å². The van der Waals surface area contributed by atoms with Crippen LogP contribution in [0.2, 0.25) is 0 Å². The Morgan fingerprint density at radius 1 is 0.944 bits per heavy atom. The van der Waals surface area contributed by atoms with E-state index in [1.54, 1.807) is 47.0 Å². The Morgan fingerprint density at radius 3 is 1.50 bits per heavy atom. The van der Waals surface area contributed by atoms with E-state index in [9.17, 15) is 5.11 Å².